The fourth-order valence-corrected chi connectivity index (χ4v) is 2.06. The van der Waals surface area contributed by atoms with Gasteiger partial charge in [-0.25, -0.2) is 9.78 Å². The third-order valence-electron chi connectivity index (χ3n) is 2.95. The smallest absolute Gasteiger partial charge is 0.336 e. The molecule has 2 rings (SSSR count). The van der Waals surface area contributed by atoms with Gasteiger partial charge >= 0.3 is 5.97 Å². The zero-order valence-corrected chi connectivity index (χ0v) is 11.6. The summed E-state index contributed by atoms with van der Waals surface area (Å²) in [5.41, 5.74) is 6.22. The predicted molar refractivity (Wildman–Crippen MR) is 71.3 cm³/mol. The number of nitrogens with two attached hydrogens (primary N) is 1. The van der Waals surface area contributed by atoms with Crippen molar-refractivity contribution in [2.45, 2.75) is 6.10 Å². The van der Waals surface area contributed by atoms with E-state index in [1.807, 2.05) is 0 Å². The minimum absolute atomic E-state index is 0.116. The number of rotatable bonds is 2. The lowest BCUT2D eigenvalue weighted by atomic mass is 10.1. The summed E-state index contributed by atoms with van der Waals surface area (Å²) in [6.07, 6.45) is 0.546. The number of aromatic nitrogens is 1. The molecule has 0 saturated carbocycles. The molecule has 2 heterocycles. The highest BCUT2D eigenvalue weighted by Gasteiger charge is 2.31. The van der Waals surface area contributed by atoms with E-state index in [1.165, 1.54) is 24.3 Å². The van der Waals surface area contributed by atoms with E-state index < -0.39 is 12.1 Å². The Morgan fingerprint density at radius 2 is 2.35 bits per heavy atom. The Kier molecular flexibility index (Phi) is 4.41. The number of anilines is 1. The monoisotopic (exact) mass is 299 g/mol. The molecule has 1 unspecified atom stereocenters. The van der Waals surface area contributed by atoms with Crippen LogP contribution < -0.4 is 5.73 Å². The van der Waals surface area contributed by atoms with E-state index in [9.17, 15) is 9.59 Å². The van der Waals surface area contributed by atoms with Crippen LogP contribution in [0.2, 0.25) is 5.15 Å². The maximum Gasteiger partial charge on any atom is 0.336 e. The Hall–Kier alpha value is -1.86. The van der Waals surface area contributed by atoms with Crippen molar-refractivity contribution in [2.75, 3.05) is 32.5 Å². The number of halogens is 1. The summed E-state index contributed by atoms with van der Waals surface area (Å²) in [5, 5.41) is 0.181. The zero-order chi connectivity index (χ0) is 14.7. The molecule has 8 heteroatoms. The Morgan fingerprint density at radius 1 is 1.60 bits per heavy atom. The molecule has 0 spiro atoms. The average Bonchev–Trinajstić information content (AvgIpc) is 2.48. The van der Waals surface area contributed by atoms with Gasteiger partial charge in [0.05, 0.1) is 37.7 Å². The van der Waals surface area contributed by atoms with Gasteiger partial charge in [-0.2, -0.15) is 0 Å². The number of carbonyl (C=O) groups is 2. The number of hydrogen-bond donors (Lipinski definition) is 1. The predicted octanol–water partition coefficient (Wildman–Crippen LogP) is 0.331. The third-order valence-corrected chi connectivity index (χ3v) is 3.16. The van der Waals surface area contributed by atoms with E-state index in [0.29, 0.717) is 6.54 Å². The summed E-state index contributed by atoms with van der Waals surface area (Å²) in [6.45, 7) is 0.737. The van der Waals surface area contributed by atoms with Crippen LogP contribution in [0, 0.1) is 0 Å². The normalized spacial score (nSPS) is 18.7. The first kappa shape index (κ1) is 14.5. The fraction of sp³-hybridized carbons (Fsp3) is 0.417. The van der Waals surface area contributed by atoms with E-state index in [1.54, 1.807) is 0 Å². The Bertz CT molecular complexity index is 537. The molecular weight excluding hydrogens is 286 g/mol. The number of nitrogens with zero attached hydrogens (tertiary/aromatic N) is 2. The van der Waals surface area contributed by atoms with Gasteiger partial charge in [-0.15, -0.1) is 0 Å². The van der Waals surface area contributed by atoms with Crippen molar-refractivity contribution in [1.82, 2.24) is 9.88 Å². The molecule has 1 aliphatic heterocycles. The van der Waals surface area contributed by atoms with Gasteiger partial charge in [-0.05, 0) is 6.07 Å². The topological polar surface area (TPSA) is 94.8 Å². The number of pyridine rings is 1. The SMILES string of the molecule is COC(=O)C1CN(C(=O)c2cc(Cl)ncc2N)CCO1. The van der Waals surface area contributed by atoms with Crippen molar-refractivity contribution in [2.24, 2.45) is 0 Å². The van der Waals surface area contributed by atoms with Crippen LogP contribution in [0.15, 0.2) is 12.3 Å². The highest BCUT2D eigenvalue weighted by Crippen LogP contribution is 2.19. The Balaban J connectivity index is 2.16. The highest BCUT2D eigenvalue weighted by atomic mass is 35.5. The molecule has 1 aliphatic rings. The molecule has 0 aliphatic carbocycles. The number of hydrogen-bond acceptors (Lipinski definition) is 6. The number of nitrogen functional groups attached to an aromatic ring is 1. The molecule has 1 saturated heterocycles. The number of carbonyl (C=O) groups excluding carboxylic acids is 2. The van der Waals surface area contributed by atoms with Gasteiger partial charge in [0.15, 0.2) is 6.10 Å². The second-order valence-electron chi connectivity index (χ2n) is 4.23. The lowest BCUT2D eigenvalue weighted by molar-refractivity contribution is -0.158. The summed E-state index contributed by atoms with van der Waals surface area (Å²) >= 11 is 5.77. The Morgan fingerprint density at radius 3 is 3.05 bits per heavy atom. The van der Waals surface area contributed by atoms with Gasteiger partial charge in [0.25, 0.3) is 5.91 Å². The average molecular weight is 300 g/mol. The highest BCUT2D eigenvalue weighted by molar-refractivity contribution is 6.29. The summed E-state index contributed by atoms with van der Waals surface area (Å²) in [5.74, 6) is -0.827. The van der Waals surface area contributed by atoms with Crippen molar-refractivity contribution in [1.29, 1.82) is 0 Å². The van der Waals surface area contributed by atoms with Crippen molar-refractivity contribution in [3.05, 3.63) is 23.0 Å². The largest absolute Gasteiger partial charge is 0.467 e. The molecule has 1 fully saturated rings. The van der Waals surface area contributed by atoms with Gasteiger partial charge in [0, 0.05) is 6.54 Å². The summed E-state index contributed by atoms with van der Waals surface area (Å²) in [6, 6.07) is 1.40. The van der Waals surface area contributed by atoms with Crippen LogP contribution in [-0.4, -0.2) is 54.7 Å². The van der Waals surface area contributed by atoms with Gasteiger partial charge in [0.1, 0.15) is 5.15 Å². The second-order valence-corrected chi connectivity index (χ2v) is 4.62. The van der Waals surface area contributed by atoms with Crippen LogP contribution in [0.1, 0.15) is 10.4 Å². The van der Waals surface area contributed by atoms with Crippen LogP contribution >= 0.6 is 11.6 Å². The van der Waals surface area contributed by atoms with E-state index in [2.05, 4.69) is 9.72 Å². The van der Waals surface area contributed by atoms with E-state index >= 15 is 0 Å². The van der Waals surface area contributed by atoms with E-state index in [4.69, 9.17) is 22.1 Å². The summed E-state index contributed by atoms with van der Waals surface area (Å²) in [7, 11) is 1.27. The molecule has 2 N–H and O–H groups in total. The first-order valence-corrected chi connectivity index (χ1v) is 6.30. The van der Waals surface area contributed by atoms with Crippen LogP contribution in [0.25, 0.3) is 0 Å². The first-order chi connectivity index (χ1) is 9.52. The fourth-order valence-electron chi connectivity index (χ4n) is 1.90. The van der Waals surface area contributed by atoms with Gasteiger partial charge in [0.2, 0.25) is 0 Å². The minimum atomic E-state index is -0.781. The maximum absolute atomic E-state index is 12.4. The molecule has 1 atom stereocenters. The summed E-state index contributed by atoms with van der Waals surface area (Å²) in [4.78, 5) is 29.1. The van der Waals surface area contributed by atoms with E-state index in [0.717, 1.165) is 0 Å². The van der Waals surface area contributed by atoms with Crippen molar-refractivity contribution in [3.63, 3.8) is 0 Å². The zero-order valence-electron chi connectivity index (χ0n) is 10.8. The van der Waals surface area contributed by atoms with Crippen molar-refractivity contribution >= 4 is 29.2 Å². The molecule has 0 radical (unpaired) electrons. The number of methoxy groups -OCH3 is 1. The van der Waals surface area contributed by atoms with Gasteiger partial charge < -0.3 is 20.1 Å². The second kappa shape index (κ2) is 6.06. The number of amides is 1. The first-order valence-electron chi connectivity index (χ1n) is 5.92. The van der Waals surface area contributed by atoms with Gasteiger partial charge in [-0.3, -0.25) is 4.79 Å². The molecule has 0 aromatic carbocycles. The van der Waals surface area contributed by atoms with Crippen LogP contribution in [0.5, 0.6) is 0 Å². The Labute approximate surface area is 120 Å². The van der Waals surface area contributed by atoms with Crippen LogP contribution in [0.4, 0.5) is 5.69 Å². The quantitative estimate of drug-likeness (QED) is 0.625. The number of morpholine rings is 1. The van der Waals surface area contributed by atoms with Crippen LogP contribution in [-0.2, 0) is 14.3 Å². The van der Waals surface area contributed by atoms with Gasteiger partial charge in [-0.1, -0.05) is 11.6 Å². The van der Waals surface area contributed by atoms with E-state index in [-0.39, 0.29) is 35.5 Å². The molecule has 20 heavy (non-hydrogen) atoms. The maximum atomic E-state index is 12.4. The summed E-state index contributed by atoms with van der Waals surface area (Å²) < 4.78 is 9.87. The number of ether oxygens (including phenoxy) is 2. The lowest BCUT2D eigenvalue weighted by Crippen LogP contribution is -2.49. The lowest BCUT2D eigenvalue weighted by Gasteiger charge is -2.31. The molecule has 0 bridgehead atoms. The molecule has 108 valence electrons. The molecular formula is C12H14ClN3O4. The van der Waals surface area contributed by atoms with Crippen LogP contribution in [0.3, 0.4) is 0 Å². The standard InChI is InChI=1S/C12H14ClN3O4/c1-19-12(18)9-6-16(2-3-20-9)11(17)7-4-10(13)15-5-8(7)14/h4-5,9H,2-3,6,14H2,1H3. The van der Waals surface area contributed by atoms with Crippen molar-refractivity contribution in [3.8, 4) is 0 Å². The molecule has 1 aromatic rings. The minimum Gasteiger partial charge on any atom is -0.467 e. The molecule has 1 amide bonds. The number of esters is 1. The third kappa shape index (κ3) is 3.00. The molecule has 1 aromatic heterocycles. The van der Waals surface area contributed by atoms with Crippen molar-refractivity contribution < 1.29 is 19.1 Å². The molecule has 7 nitrogen and oxygen atoms in total.